The van der Waals surface area contributed by atoms with Crippen LogP contribution in [0.25, 0.3) is 0 Å². The Bertz CT molecular complexity index is 1300. The van der Waals surface area contributed by atoms with Crippen LogP contribution in [0.1, 0.15) is 41.6 Å². The number of hydrogen-bond acceptors (Lipinski definition) is 6. The fraction of sp³-hybridized carbons (Fsp3) is 0.321. The van der Waals surface area contributed by atoms with Crippen molar-refractivity contribution in [1.29, 1.82) is 0 Å². The first-order valence-corrected chi connectivity index (χ1v) is 12.9. The zero-order chi connectivity index (χ0) is 26.0. The molecule has 1 aliphatic heterocycles. The van der Waals surface area contributed by atoms with Gasteiger partial charge in [0.05, 0.1) is 27.5 Å². The summed E-state index contributed by atoms with van der Waals surface area (Å²) in [6.45, 7) is 1.81. The van der Waals surface area contributed by atoms with Gasteiger partial charge in [-0.3, -0.25) is 9.59 Å². The molecule has 0 spiro atoms. The van der Waals surface area contributed by atoms with Crippen LogP contribution in [-0.4, -0.2) is 41.8 Å². The van der Waals surface area contributed by atoms with Gasteiger partial charge in [0.2, 0.25) is 5.91 Å². The number of piperidine rings is 1. The number of rotatable bonds is 8. The second-order valence-corrected chi connectivity index (χ2v) is 10.3. The highest BCUT2D eigenvalue weighted by Crippen LogP contribution is 2.48. The molecule has 8 nitrogen and oxygen atoms in total. The number of halogens is 1. The molecule has 0 unspecified atom stereocenters. The molecular weight excluding hydrogens is 488 g/mol. The molecule has 1 aromatic heterocycles. The summed E-state index contributed by atoms with van der Waals surface area (Å²) in [6.07, 6.45) is 5.05. The number of hydrogen-bond donors (Lipinski definition) is 4. The summed E-state index contributed by atoms with van der Waals surface area (Å²) in [5.74, 6) is -0.0554. The van der Waals surface area contributed by atoms with E-state index in [1.54, 1.807) is 18.2 Å². The number of nitrogens with zero attached hydrogens (tertiary/aromatic N) is 2. The number of aromatic nitrogens is 1. The van der Waals surface area contributed by atoms with Crippen molar-refractivity contribution in [1.82, 2.24) is 9.88 Å². The lowest BCUT2D eigenvalue weighted by atomic mass is 9.96. The average Bonchev–Trinajstić information content (AvgIpc) is 3.67. The summed E-state index contributed by atoms with van der Waals surface area (Å²) in [6, 6.07) is 17.3. The Morgan fingerprint density at radius 3 is 2.46 bits per heavy atom. The van der Waals surface area contributed by atoms with Crippen LogP contribution in [0, 0.1) is 5.92 Å². The molecule has 0 atom stereocenters. The zero-order valence-electron chi connectivity index (χ0n) is 20.8. The lowest BCUT2D eigenvalue weighted by Gasteiger charge is -2.28. The maximum absolute atomic E-state index is 12.8. The van der Waals surface area contributed by atoms with Gasteiger partial charge in [0.15, 0.2) is 0 Å². The van der Waals surface area contributed by atoms with E-state index < -0.39 is 5.91 Å². The Morgan fingerprint density at radius 1 is 1.05 bits per heavy atom. The van der Waals surface area contributed by atoms with Gasteiger partial charge in [-0.1, -0.05) is 41.9 Å². The molecule has 3 aromatic rings. The van der Waals surface area contributed by atoms with Crippen LogP contribution in [0.2, 0.25) is 5.02 Å². The number of amides is 2. The lowest BCUT2D eigenvalue weighted by Crippen LogP contribution is -2.35. The van der Waals surface area contributed by atoms with E-state index in [4.69, 9.17) is 17.3 Å². The number of carbonyl (C=O) groups is 2. The largest absolute Gasteiger partial charge is 0.375 e. The Kier molecular flexibility index (Phi) is 7.04. The third kappa shape index (κ3) is 5.70. The first kappa shape index (κ1) is 25.0. The Hall–Kier alpha value is -3.62. The van der Waals surface area contributed by atoms with Crippen LogP contribution in [0.15, 0.2) is 60.8 Å². The van der Waals surface area contributed by atoms with Gasteiger partial charge >= 0.3 is 0 Å². The fourth-order valence-corrected chi connectivity index (χ4v) is 4.97. The van der Waals surface area contributed by atoms with Crippen LogP contribution >= 0.6 is 11.6 Å². The summed E-state index contributed by atoms with van der Waals surface area (Å²) >= 11 is 6.40. The topological polar surface area (TPSA) is 112 Å². The van der Waals surface area contributed by atoms with Gasteiger partial charge in [-0.15, -0.1) is 0 Å². The van der Waals surface area contributed by atoms with Crippen LogP contribution in [0.4, 0.5) is 22.9 Å². The molecule has 5 rings (SSSR count). The molecule has 2 fully saturated rings. The van der Waals surface area contributed by atoms with Crippen molar-refractivity contribution < 1.29 is 9.59 Å². The number of primary amides is 1. The van der Waals surface area contributed by atoms with E-state index in [1.807, 2.05) is 24.3 Å². The van der Waals surface area contributed by atoms with E-state index in [-0.39, 0.29) is 17.4 Å². The van der Waals surface area contributed by atoms with Gasteiger partial charge < -0.3 is 26.6 Å². The highest BCUT2D eigenvalue weighted by molar-refractivity contribution is 6.33. The summed E-state index contributed by atoms with van der Waals surface area (Å²) in [4.78, 5) is 31.6. The van der Waals surface area contributed by atoms with Crippen molar-refractivity contribution in [3.63, 3.8) is 0 Å². The predicted octanol–water partition coefficient (Wildman–Crippen LogP) is 4.96. The molecule has 2 aliphatic rings. The van der Waals surface area contributed by atoms with Crippen LogP contribution in [0.3, 0.4) is 0 Å². The highest BCUT2D eigenvalue weighted by Gasteiger charge is 2.44. The molecular formula is C28H31ClN6O2. The smallest absolute Gasteiger partial charge is 0.252 e. The van der Waals surface area contributed by atoms with Crippen LogP contribution in [-0.2, 0) is 10.3 Å². The number of nitrogens with two attached hydrogens (primary N) is 1. The molecule has 2 aromatic carbocycles. The number of benzene rings is 2. The fourth-order valence-electron chi connectivity index (χ4n) is 4.80. The quantitative estimate of drug-likeness (QED) is 0.335. The lowest BCUT2D eigenvalue weighted by molar-refractivity contribution is -0.121. The van der Waals surface area contributed by atoms with Crippen LogP contribution < -0.4 is 21.7 Å². The highest BCUT2D eigenvalue weighted by atomic mass is 35.5. The Balaban J connectivity index is 1.34. The summed E-state index contributed by atoms with van der Waals surface area (Å²) in [5, 5.41) is 10.3. The van der Waals surface area contributed by atoms with E-state index in [9.17, 15) is 9.59 Å². The molecule has 0 bridgehead atoms. The van der Waals surface area contributed by atoms with Crippen molar-refractivity contribution in [3.8, 4) is 0 Å². The second kappa shape index (κ2) is 10.4. The van der Waals surface area contributed by atoms with Gasteiger partial charge in [-0.25, -0.2) is 4.98 Å². The zero-order valence-corrected chi connectivity index (χ0v) is 21.5. The summed E-state index contributed by atoms with van der Waals surface area (Å²) in [7, 11) is 2.07. The molecule has 2 heterocycles. The predicted molar refractivity (Wildman–Crippen MR) is 147 cm³/mol. The van der Waals surface area contributed by atoms with Crippen molar-refractivity contribution in [3.05, 3.63) is 76.9 Å². The number of anilines is 4. The first-order chi connectivity index (χ1) is 17.8. The summed E-state index contributed by atoms with van der Waals surface area (Å²) in [5.41, 5.74) is 8.79. The minimum Gasteiger partial charge on any atom is -0.375 e. The van der Waals surface area contributed by atoms with Gasteiger partial charge in [-0.2, -0.15) is 0 Å². The maximum atomic E-state index is 12.8. The van der Waals surface area contributed by atoms with Crippen molar-refractivity contribution in [2.75, 3.05) is 36.1 Å². The number of pyridine rings is 1. The molecule has 5 N–H and O–H groups in total. The number of likely N-dealkylation sites (tertiary alicyclic amines) is 1. The average molecular weight is 519 g/mol. The SMILES string of the molecule is CN1CCC(C(=O)Nc2cc(Nc3cc(NC4(c5ccccc5)CC4)c(C(N)=O)cn3)ccc2Cl)CC1. The van der Waals surface area contributed by atoms with E-state index in [2.05, 4.69) is 45.0 Å². The maximum Gasteiger partial charge on any atom is 0.252 e. The van der Waals surface area contributed by atoms with Crippen molar-refractivity contribution in [2.24, 2.45) is 11.7 Å². The number of carbonyl (C=O) groups excluding carboxylic acids is 2. The molecule has 1 aliphatic carbocycles. The summed E-state index contributed by atoms with van der Waals surface area (Å²) < 4.78 is 0. The third-order valence-corrected chi connectivity index (χ3v) is 7.54. The second-order valence-electron chi connectivity index (χ2n) is 9.94. The molecule has 2 amide bonds. The van der Waals surface area contributed by atoms with Gasteiger partial charge in [0.1, 0.15) is 5.82 Å². The minimum atomic E-state index is -0.546. The van der Waals surface area contributed by atoms with E-state index >= 15 is 0 Å². The van der Waals surface area contributed by atoms with Crippen LogP contribution in [0.5, 0.6) is 0 Å². The molecule has 1 saturated carbocycles. The third-order valence-electron chi connectivity index (χ3n) is 7.21. The van der Waals surface area contributed by atoms with E-state index in [1.165, 1.54) is 11.8 Å². The van der Waals surface area contributed by atoms with E-state index in [0.29, 0.717) is 33.5 Å². The normalized spacial score (nSPS) is 17.1. The van der Waals surface area contributed by atoms with Crippen molar-refractivity contribution in [2.45, 2.75) is 31.2 Å². The Labute approximate surface area is 221 Å². The van der Waals surface area contributed by atoms with E-state index in [0.717, 1.165) is 38.8 Å². The number of nitrogens with one attached hydrogen (secondary N) is 3. The molecule has 9 heteroatoms. The molecule has 0 radical (unpaired) electrons. The van der Waals surface area contributed by atoms with Gasteiger partial charge in [0.25, 0.3) is 5.91 Å². The van der Waals surface area contributed by atoms with Gasteiger partial charge in [0, 0.05) is 23.9 Å². The minimum absolute atomic E-state index is 0.0155. The standard InChI is InChI=1S/C28H31ClN6O2/c1-35-13-9-18(10-14-35)27(37)33-24-15-20(7-8-22(24)29)32-25-16-23(21(17-31-25)26(30)36)34-28(11-12-28)19-5-3-2-4-6-19/h2-8,15-18H,9-14H2,1H3,(H2,30,36)(H,33,37)(H2,31,32,34). The molecule has 37 heavy (non-hydrogen) atoms. The first-order valence-electron chi connectivity index (χ1n) is 12.5. The van der Waals surface area contributed by atoms with Gasteiger partial charge in [-0.05, 0) is 69.6 Å². The molecule has 1 saturated heterocycles. The monoisotopic (exact) mass is 518 g/mol. The Morgan fingerprint density at radius 2 is 1.78 bits per heavy atom. The molecule has 192 valence electrons. The van der Waals surface area contributed by atoms with Crippen molar-refractivity contribution >= 4 is 46.3 Å².